The molecule has 0 saturated heterocycles. The maximum Gasteiger partial charge on any atom is 0.317 e. The van der Waals surface area contributed by atoms with Crippen molar-refractivity contribution in [3.63, 3.8) is 0 Å². The quantitative estimate of drug-likeness (QED) is 0.683. The van der Waals surface area contributed by atoms with Crippen molar-refractivity contribution in [2.24, 2.45) is 0 Å². The molecule has 0 atom stereocenters. The summed E-state index contributed by atoms with van der Waals surface area (Å²) in [5, 5.41) is 5.48. The van der Waals surface area contributed by atoms with Gasteiger partial charge in [-0.25, -0.2) is 4.79 Å². The Bertz CT molecular complexity index is 215. The molecule has 0 rings (SSSR count). The van der Waals surface area contributed by atoms with E-state index in [9.17, 15) is 9.59 Å². The molecule has 0 aromatic carbocycles. The third kappa shape index (κ3) is 6.27. The number of rotatable bonds is 7. The van der Waals surface area contributed by atoms with Gasteiger partial charge in [0.05, 0.1) is 0 Å². The minimum atomic E-state index is -0.103. The van der Waals surface area contributed by atoms with Gasteiger partial charge in [-0.1, -0.05) is 6.92 Å². The van der Waals surface area contributed by atoms with E-state index >= 15 is 0 Å². The molecule has 0 aliphatic carbocycles. The Morgan fingerprint density at radius 3 is 2.12 bits per heavy atom. The van der Waals surface area contributed by atoms with Gasteiger partial charge >= 0.3 is 6.03 Å². The van der Waals surface area contributed by atoms with Gasteiger partial charge in [-0.05, 0) is 20.3 Å². The molecule has 3 amide bonds. The number of hydrogen-bond donors (Lipinski definition) is 2. The minimum absolute atomic E-state index is 0.0123. The summed E-state index contributed by atoms with van der Waals surface area (Å²) in [6.45, 7) is 8.32. The molecule has 5 heteroatoms. The molecule has 0 fully saturated rings. The highest BCUT2D eigenvalue weighted by molar-refractivity contribution is 5.78. The number of carbonyl (C=O) groups is 2. The number of nitrogens with zero attached hydrogens (tertiary/aromatic N) is 1. The monoisotopic (exact) mass is 229 g/mol. The van der Waals surface area contributed by atoms with Crippen LogP contribution in [0.4, 0.5) is 4.79 Å². The van der Waals surface area contributed by atoms with E-state index in [2.05, 4.69) is 10.6 Å². The molecule has 2 N–H and O–H groups in total. The second kappa shape index (κ2) is 9.00. The third-order valence-corrected chi connectivity index (χ3v) is 2.25. The molecule has 0 spiro atoms. The Kier molecular flexibility index (Phi) is 8.29. The van der Waals surface area contributed by atoms with Crippen LogP contribution in [0.15, 0.2) is 0 Å². The maximum absolute atomic E-state index is 11.5. The molecule has 0 bridgehead atoms. The van der Waals surface area contributed by atoms with Crippen LogP contribution in [0.3, 0.4) is 0 Å². The van der Waals surface area contributed by atoms with Crippen molar-refractivity contribution in [2.45, 2.75) is 33.6 Å². The van der Waals surface area contributed by atoms with Crippen LogP contribution in [0.25, 0.3) is 0 Å². The highest BCUT2D eigenvalue weighted by Crippen LogP contribution is 1.88. The van der Waals surface area contributed by atoms with Crippen LogP contribution in [-0.4, -0.2) is 43.0 Å². The first kappa shape index (κ1) is 14.7. The second-order valence-corrected chi connectivity index (χ2v) is 3.50. The fourth-order valence-electron chi connectivity index (χ4n) is 1.26. The van der Waals surface area contributed by atoms with E-state index < -0.39 is 0 Å². The zero-order valence-electron chi connectivity index (χ0n) is 10.5. The number of amides is 3. The van der Waals surface area contributed by atoms with Crippen molar-refractivity contribution in [1.29, 1.82) is 0 Å². The first-order valence-electron chi connectivity index (χ1n) is 5.95. The van der Waals surface area contributed by atoms with E-state index in [1.54, 1.807) is 4.90 Å². The average Bonchev–Trinajstić information content (AvgIpc) is 2.28. The van der Waals surface area contributed by atoms with Crippen LogP contribution < -0.4 is 10.6 Å². The number of nitrogens with one attached hydrogen (secondary N) is 2. The zero-order chi connectivity index (χ0) is 12.4. The Hall–Kier alpha value is -1.26. The van der Waals surface area contributed by atoms with Gasteiger partial charge in [-0.3, -0.25) is 4.79 Å². The lowest BCUT2D eigenvalue weighted by atomic mass is 10.4. The Morgan fingerprint density at radius 2 is 1.62 bits per heavy atom. The summed E-state index contributed by atoms with van der Waals surface area (Å²) < 4.78 is 0. The van der Waals surface area contributed by atoms with E-state index in [0.29, 0.717) is 32.6 Å². The smallest absolute Gasteiger partial charge is 0.317 e. The summed E-state index contributed by atoms with van der Waals surface area (Å²) in [7, 11) is 0. The summed E-state index contributed by atoms with van der Waals surface area (Å²) in [5.41, 5.74) is 0. The van der Waals surface area contributed by atoms with Crippen LogP contribution in [0, 0.1) is 0 Å². The molecule has 0 aliphatic heterocycles. The van der Waals surface area contributed by atoms with Crippen molar-refractivity contribution < 1.29 is 9.59 Å². The number of hydrogen-bond acceptors (Lipinski definition) is 2. The molecule has 0 radical (unpaired) electrons. The van der Waals surface area contributed by atoms with Gasteiger partial charge in [0.15, 0.2) is 0 Å². The topological polar surface area (TPSA) is 61.4 Å². The normalized spacial score (nSPS) is 9.69. The standard InChI is InChI=1S/C11H23N3O2/c1-4-8-12-10(15)7-9-13-11(16)14(5-2)6-3/h4-9H2,1-3H3,(H,12,15)(H,13,16). The van der Waals surface area contributed by atoms with Crippen molar-refractivity contribution in [2.75, 3.05) is 26.2 Å². The van der Waals surface area contributed by atoms with Crippen LogP contribution in [-0.2, 0) is 4.79 Å². The molecular weight excluding hydrogens is 206 g/mol. The van der Waals surface area contributed by atoms with Crippen molar-refractivity contribution in [3.05, 3.63) is 0 Å². The molecule has 0 aromatic rings. The first-order chi connectivity index (χ1) is 7.65. The van der Waals surface area contributed by atoms with Gasteiger partial charge in [0.1, 0.15) is 0 Å². The maximum atomic E-state index is 11.5. The molecule has 16 heavy (non-hydrogen) atoms. The van der Waals surface area contributed by atoms with E-state index in [1.807, 2.05) is 20.8 Å². The average molecular weight is 229 g/mol. The van der Waals surface area contributed by atoms with Gasteiger partial charge in [-0.15, -0.1) is 0 Å². The lowest BCUT2D eigenvalue weighted by Crippen LogP contribution is -2.41. The molecular formula is C11H23N3O2. The molecule has 0 saturated carbocycles. The molecule has 0 heterocycles. The first-order valence-corrected chi connectivity index (χ1v) is 5.95. The lowest BCUT2D eigenvalue weighted by molar-refractivity contribution is -0.120. The van der Waals surface area contributed by atoms with Crippen LogP contribution in [0.2, 0.25) is 0 Å². The summed E-state index contributed by atoms with van der Waals surface area (Å²) in [6, 6.07) is -0.103. The Labute approximate surface area is 97.6 Å². The largest absolute Gasteiger partial charge is 0.356 e. The molecule has 0 aliphatic rings. The molecule has 94 valence electrons. The molecule has 0 unspecified atom stereocenters. The van der Waals surface area contributed by atoms with Crippen LogP contribution in [0.1, 0.15) is 33.6 Å². The highest BCUT2D eigenvalue weighted by Gasteiger charge is 2.08. The Morgan fingerprint density at radius 1 is 1.00 bits per heavy atom. The summed E-state index contributed by atoms with van der Waals surface area (Å²) in [6.07, 6.45) is 1.27. The summed E-state index contributed by atoms with van der Waals surface area (Å²) in [5.74, 6) is -0.0123. The Balaban J connectivity index is 3.64. The SMILES string of the molecule is CCCNC(=O)CCNC(=O)N(CC)CC. The third-order valence-electron chi connectivity index (χ3n) is 2.25. The fraction of sp³-hybridized carbons (Fsp3) is 0.818. The zero-order valence-corrected chi connectivity index (χ0v) is 10.5. The van der Waals surface area contributed by atoms with Crippen LogP contribution >= 0.6 is 0 Å². The van der Waals surface area contributed by atoms with Crippen LogP contribution in [0.5, 0.6) is 0 Å². The van der Waals surface area contributed by atoms with Gasteiger partial charge < -0.3 is 15.5 Å². The predicted molar refractivity (Wildman–Crippen MR) is 64.2 cm³/mol. The number of carbonyl (C=O) groups excluding carboxylic acids is 2. The van der Waals surface area contributed by atoms with E-state index in [4.69, 9.17) is 0 Å². The minimum Gasteiger partial charge on any atom is -0.356 e. The van der Waals surface area contributed by atoms with Crippen molar-refractivity contribution >= 4 is 11.9 Å². The lowest BCUT2D eigenvalue weighted by Gasteiger charge is -2.18. The second-order valence-electron chi connectivity index (χ2n) is 3.50. The summed E-state index contributed by atoms with van der Waals surface area (Å²) in [4.78, 5) is 24.4. The van der Waals surface area contributed by atoms with Crippen molar-refractivity contribution in [1.82, 2.24) is 15.5 Å². The van der Waals surface area contributed by atoms with Gasteiger partial charge in [-0.2, -0.15) is 0 Å². The van der Waals surface area contributed by atoms with Crippen molar-refractivity contribution in [3.8, 4) is 0 Å². The molecule has 0 aromatic heterocycles. The predicted octanol–water partition coefficient (Wildman–Crippen LogP) is 0.954. The summed E-state index contributed by atoms with van der Waals surface area (Å²) >= 11 is 0. The fourth-order valence-corrected chi connectivity index (χ4v) is 1.26. The highest BCUT2D eigenvalue weighted by atomic mass is 16.2. The van der Waals surface area contributed by atoms with E-state index in [-0.39, 0.29) is 11.9 Å². The van der Waals surface area contributed by atoms with Gasteiger partial charge in [0.2, 0.25) is 5.91 Å². The van der Waals surface area contributed by atoms with E-state index in [1.165, 1.54) is 0 Å². The molecule has 5 nitrogen and oxygen atoms in total. The van der Waals surface area contributed by atoms with Gasteiger partial charge in [0.25, 0.3) is 0 Å². The number of urea groups is 1. The van der Waals surface area contributed by atoms with Gasteiger partial charge in [0, 0.05) is 32.6 Å². The van der Waals surface area contributed by atoms with E-state index in [0.717, 1.165) is 6.42 Å².